The van der Waals surface area contributed by atoms with E-state index in [1.807, 2.05) is 0 Å². The molecule has 0 aliphatic carbocycles. The number of phosphoric acid groups is 2. The Labute approximate surface area is 482 Å². The molecule has 0 saturated carbocycles. The molecule has 85 heavy (non-hydrogen) atoms. The smallest absolute Gasteiger partial charge is 0.443 e. The molecule has 1 aromatic heterocycles. The first-order chi connectivity index (χ1) is 39.5. The molecule has 1 amide bonds. The van der Waals surface area contributed by atoms with Crippen molar-refractivity contribution in [2.24, 2.45) is 11.8 Å². The van der Waals surface area contributed by atoms with E-state index in [0.29, 0.717) is 9.13 Å². The maximum absolute atomic E-state index is 14.7. The summed E-state index contributed by atoms with van der Waals surface area (Å²) in [6, 6.07) is 0.878. The summed E-state index contributed by atoms with van der Waals surface area (Å²) in [5.74, 6) is -1.93. The standard InChI is InChI=1S/C28H44FN2O17P.C18H26FN2O14P/c1-16(2)19(7)21(33)40-13-31-20(32)9-10-30(24(31)35)23-27(8,38)22(34)28(11-29,48-23)12-43-49(39,44-14-41-25(36)46-17(3)4)45-15-42-26(37)47-18(5)6;1-11-20-12(22)5-6-21(11)14-17(2,26)13(23)18(7-19,35-14)8-32-36(27,33-9-30-15(24)28-3)34-10-31-16(25)29-4/h9-10,16-19,22-23,34,38H,11-15H2,1-8H3;5-6,13-14,23,26H,1,7-10H2,2-4H3,(H,20,22)/t19?,22-,23+,27+,28+;13-,14+,17+,18+/m00/s1. The summed E-state index contributed by atoms with van der Waals surface area (Å²) in [5.41, 5.74) is -11.6. The number of nitrogens with one attached hydrogen (secondary N) is 1. The Morgan fingerprint density at radius 2 is 1.09 bits per heavy atom. The van der Waals surface area contributed by atoms with Crippen molar-refractivity contribution in [1.29, 1.82) is 0 Å². The number of halogens is 2. The van der Waals surface area contributed by atoms with E-state index in [1.54, 1.807) is 20.8 Å². The van der Waals surface area contributed by atoms with Crippen LogP contribution in [-0.4, -0.2) is 192 Å². The monoisotopic (exact) mass is 1270 g/mol. The predicted octanol–water partition coefficient (Wildman–Crippen LogP) is 2.57. The summed E-state index contributed by atoms with van der Waals surface area (Å²) < 4.78 is 139. The van der Waals surface area contributed by atoms with E-state index in [-0.39, 0.29) is 11.7 Å². The lowest BCUT2D eigenvalue weighted by molar-refractivity contribution is -0.154. The first-order valence-electron chi connectivity index (χ1n) is 24.9. The van der Waals surface area contributed by atoms with Crippen LogP contribution < -0.4 is 16.6 Å². The highest BCUT2D eigenvalue weighted by Crippen LogP contribution is 2.54. The number of alkyl halides is 2. The van der Waals surface area contributed by atoms with Crippen molar-refractivity contribution < 1.29 is 146 Å². The van der Waals surface area contributed by atoms with Crippen LogP contribution in [0.4, 0.5) is 28.0 Å². The molecule has 35 nitrogen and oxygen atoms in total. The van der Waals surface area contributed by atoms with E-state index in [1.165, 1.54) is 33.9 Å². The maximum atomic E-state index is 14.7. The highest BCUT2D eigenvalue weighted by atomic mass is 31.2. The van der Waals surface area contributed by atoms with E-state index in [0.717, 1.165) is 51.3 Å². The Morgan fingerprint density at radius 1 is 0.682 bits per heavy atom. The third-order valence-corrected chi connectivity index (χ3v) is 14.6. The average Bonchev–Trinajstić information content (AvgIpc) is 2.55. The Hall–Kier alpha value is -6.18. The number of aromatic nitrogens is 2. The third-order valence-electron chi connectivity index (χ3n) is 12.0. The van der Waals surface area contributed by atoms with Gasteiger partial charge in [0.25, 0.3) is 11.5 Å². The number of carbonyl (C=O) groups excluding carboxylic acids is 6. The molecule has 2 fully saturated rings. The molecular formula is C46H70F2N4O31P2. The van der Waals surface area contributed by atoms with Crippen molar-refractivity contribution in [3.8, 4) is 0 Å². The van der Waals surface area contributed by atoms with Crippen LogP contribution in [0.5, 0.6) is 0 Å². The second-order valence-electron chi connectivity index (χ2n) is 19.4. The second kappa shape index (κ2) is 31.5. The largest absolute Gasteiger partial charge is 0.510 e. The SMILES string of the molecule is C=C1NC(=O)C=CN1[C@@H]1O[C@](CF)(COP(=O)(OCOC(=O)OC)OCOC(=O)OC)[C@@H](O)[C@@]1(C)O.CC(C)OC(=O)OCOP(=O)(OCOC(=O)OC(C)C)OC[C@@]1(CF)O[C@@H](n2ccc(=O)n(COC(=O)C(C)C(C)C)c2=O)[C@](C)(O)[C@@H]1O. The van der Waals surface area contributed by atoms with Gasteiger partial charge in [-0.3, -0.25) is 28.0 Å². The first-order valence-corrected chi connectivity index (χ1v) is 27.8. The van der Waals surface area contributed by atoms with Crippen LogP contribution in [0.2, 0.25) is 0 Å². The fraction of sp³-hybridized carbons (Fsp3) is 0.696. The molecule has 39 heteroatoms. The van der Waals surface area contributed by atoms with Crippen LogP contribution in [0.25, 0.3) is 0 Å². The number of nitrogens with zero attached hydrogens (tertiary/aromatic N) is 3. The fourth-order valence-corrected chi connectivity index (χ4v) is 9.06. The number of ether oxygens (including phenoxy) is 11. The number of rotatable bonds is 28. The zero-order valence-corrected chi connectivity index (χ0v) is 49.6. The molecular weight excluding hydrogens is 1200 g/mol. The topological polar surface area (TPSA) is 434 Å². The molecule has 3 aliphatic rings. The van der Waals surface area contributed by atoms with Gasteiger partial charge in [-0.1, -0.05) is 27.4 Å². The maximum Gasteiger partial charge on any atom is 0.510 e. The van der Waals surface area contributed by atoms with Gasteiger partial charge in [0.05, 0.1) is 45.6 Å². The van der Waals surface area contributed by atoms with E-state index in [4.69, 9.17) is 50.8 Å². The highest BCUT2D eigenvalue weighted by molar-refractivity contribution is 7.48. The molecule has 0 spiro atoms. The van der Waals surface area contributed by atoms with Gasteiger partial charge < -0.3 is 82.7 Å². The summed E-state index contributed by atoms with van der Waals surface area (Å²) in [4.78, 5) is 96.4. The lowest BCUT2D eigenvalue weighted by atomic mass is 9.88. The van der Waals surface area contributed by atoms with Crippen molar-refractivity contribution in [2.75, 3.05) is 68.0 Å². The van der Waals surface area contributed by atoms with Crippen LogP contribution in [0.3, 0.4) is 0 Å². The number of carbonyl (C=O) groups is 6. The van der Waals surface area contributed by atoms with Crippen molar-refractivity contribution in [1.82, 2.24) is 19.4 Å². The zero-order chi connectivity index (χ0) is 64.5. The van der Waals surface area contributed by atoms with Crippen molar-refractivity contribution in [2.45, 2.75) is 128 Å². The fourth-order valence-electron chi connectivity index (χ4n) is 7.13. The quantitative estimate of drug-likeness (QED) is 0.0348. The summed E-state index contributed by atoms with van der Waals surface area (Å²) in [7, 11) is -7.82. The third kappa shape index (κ3) is 19.7. The molecule has 9 atom stereocenters. The molecule has 4 heterocycles. The number of hydrogen-bond acceptors (Lipinski definition) is 32. The number of phosphoric ester groups is 2. The molecule has 1 aromatic rings. The normalized spacial score (nSPS) is 25.2. The molecule has 0 bridgehead atoms. The van der Waals surface area contributed by atoms with Crippen molar-refractivity contribution in [3.05, 3.63) is 57.8 Å². The Morgan fingerprint density at radius 3 is 1.48 bits per heavy atom. The van der Waals surface area contributed by atoms with Gasteiger partial charge in [-0.25, -0.2) is 64.5 Å². The van der Waals surface area contributed by atoms with Crippen LogP contribution in [-0.2, 0) is 105 Å². The first kappa shape index (κ1) is 73.1. The minimum atomic E-state index is -4.99. The number of methoxy groups -OCH3 is 2. The molecule has 1 unspecified atom stereocenters. The number of amides is 1. The summed E-state index contributed by atoms with van der Waals surface area (Å²) in [6.07, 6.45) is -10.5. The van der Waals surface area contributed by atoms with Crippen LogP contribution in [0.1, 0.15) is 68.5 Å². The van der Waals surface area contributed by atoms with Gasteiger partial charge in [0.2, 0.25) is 27.2 Å². The minimum Gasteiger partial charge on any atom is -0.443 e. The Bertz CT molecular complexity index is 2680. The van der Waals surface area contributed by atoms with Gasteiger partial charge in [0.1, 0.15) is 42.6 Å². The molecule has 484 valence electrons. The van der Waals surface area contributed by atoms with Crippen LogP contribution in [0, 0.1) is 11.8 Å². The van der Waals surface area contributed by atoms with E-state index in [9.17, 15) is 76.7 Å². The van der Waals surface area contributed by atoms with E-state index in [2.05, 4.69) is 40.3 Å². The molecule has 5 N–H and O–H groups in total. The lowest BCUT2D eigenvalue weighted by Crippen LogP contribution is -2.55. The Kier molecular flexibility index (Phi) is 27.0. The average molecular weight is 1280 g/mol. The summed E-state index contributed by atoms with van der Waals surface area (Å²) >= 11 is 0. The van der Waals surface area contributed by atoms with Gasteiger partial charge in [-0.2, -0.15) is 0 Å². The van der Waals surface area contributed by atoms with Crippen molar-refractivity contribution >= 4 is 52.1 Å². The van der Waals surface area contributed by atoms with Crippen molar-refractivity contribution in [3.63, 3.8) is 0 Å². The molecule has 0 aromatic carbocycles. The lowest BCUT2D eigenvalue weighted by Gasteiger charge is -2.37. The molecule has 2 saturated heterocycles. The highest BCUT2D eigenvalue weighted by Gasteiger charge is 2.65. The molecule has 0 radical (unpaired) electrons. The number of aliphatic hydroxyl groups excluding tert-OH is 2. The number of aliphatic hydroxyl groups is 4. The van der Waals surface area contributed by atoms with Crippen LogP contribution in [0.15, 0.2) is 46.5 Å². The summed E-state index contributed by atoms with van der Waals surface area (Å²) in [5, 5.41) is 46.4. The van der Waals surface area contributed by atoms with Gasteiger partial charge in [0, 0.05) is 24.5 Å². The van der Waals surface area contributed by atoms with Crippen LogP contribution >= 0.6 is 15.6 Å². The zero-order valence-electron chi connectivity index (χ0n) is 47.8. The second-order valence-corrected chi connectivity index (χ2v) is 22.7. The van der Waals surface area contributed by atoms with Gasteiger partial charge in [-0.15, -0.1) is 0 Å². The number of hydrogen-bond donors (Lipinski definition) is 5. The van der Waals surface area contributed by atoms with Gasteiger partial charge in [-0.05, 0) is 47.5 Å². The molecule has 4 rings (SSSR count). The minimum absolute atomic E-state index is 0.0483. The summed E-state index contributed by atoms with van der Waals surface area (Å²) in [6.45, 7) is 6.46. The predicted molar refractivity (Wildman–Crippen MR) is 272 cm³/mol. The van der Waals surface area contributed by atoms with E-state index >= 15 is 0 Å². The number of esters is 1. The van der Waals surface area contributed by atoms with E-state index < -0.39 is 189 Å². The Balaban J connectivity index is 0.000000466. The molecule has 3 aliphatic heterocycles. The van der Waals surface area contributed by atoms with Gasteiger partial charge >= 0.3 is 51.9 Å². The van der Waals surface area contributed by atoms with Gasteiger partial charge in [0.15, 0.2) is 30.4 Å².